The first-order valence-electron chi connectivity index (χ1n) is 8.00. The Morgan fingerprint density at radius 1 is 1.25 bits per heavy atom. The summed E-state index contributed by atoms with van der Waals surface area (Å²) in [5.41, 5.74) is -0.391. The van der Waals surface area contributed by atoms with Crippen LogP contribution in [0.4, 0.5) is 0 Å². The molecule has 130 valence electrons. The van der Waals surface area contributed by atoms with Gasteiger partial charge >= 0.3 is 5.97 Å². The predicted octanol–water partition coefficient (Wildman–Crippen LogP) is 1.04. The number of carbonyl (C=O) groups excluding carboxylic acids is 1. The number of carboxylic acid groups (broad SMARTS) is 1. The van der Waals surface area contributed by atoms with Gasteiger partial charge in [-0.1, -0.05) is 0 Å². The number of carboxylic acids is 1. The number of aliphatic carboxylic acids is 1. The topological polar surface area (TPSA) is 79.3 Å². The van der Waals surface area contributed by atoms with Crippen LogP contribution in [0.3, 0.4) is 0 Å². The van der Waals surface area contributed by atoms with Gasteiger partial charge < -0.3 is 19.5 Å². The number of nitrogens with zero attached hydrogens (tertiary/aromatic N) is 2. The summed E-state index contributed by atoms with van der Waals surface area (Å²) >= 11 is 0. The van der Waals surface area contributed by atoms with Gasteiger partial charge in [0, 0.05) is 31.5 Å². The highest BCUT2D eigenvalue weighted by Crippen LogP contribution is 2.38. The molecule has 7 nitrogen and oxygen atoms in total. The van der Waals surface area contributed by atoms with Crippen LogP contribution in [0.15, 0.2) is 24.3 Å². The SMILES string of the molecule is COc1ccc(C(=O)N2[C@@H](C(=O)O)COC23CCN(C)CC3)cc1. The van der Waals surface area contributed by atoms with Crippen molar-refractivity contribution in [2.75, 3.05) is 33.9 Å². The van der Waals surface area contributed by atoms with Crippen LogP contribution in [0.5, 0.6) is 5.75 Å². The molecule has 0 bridgehead atoms. The number of amides is 1. The average Bonchev–Trinajstić information content (AvgIpc) is 2.96. The number of methoxy groups -OCH3 is 1. The lowest BCUT2D eigenvalue weighted by Crippen LogP contribution is -2.57. The first-order valence-corrected chi connectivity index (χ1v) is 8.00. The molecule has 24 heavy (non-hydrogen) atoms. The molecular weight excluding hydrogens is 312 g/mol. The minimum Gasteiger partial charge on any atom is -0.497 e. The van der Waals surface area contributed by atoms with E-state index in [0.717, 1.165) is 13.1 Å². The molecule has 2 saturated heterocycles. The van der Waals surface area contributed by atoms with Crippen LogP contribution in [-0.2, 0) is 9.53 Å². The number of ether oxygens (including phenoxy) is 2. The van der Waals surface area contributed by atoms with E-state index < -0.39 is 17.7 Å². The van der Waals surface area contributed by atoms with Crippen molar-refractivity contribution in [1.29, 1.82) is 0 Å². The maximum Gasteiger partial charge on any atom is 0.328 e. The average molecular weight is 334 g/mol. The molecule has 1 atom stereocenters. The van der Waals surface area contributed by atoms with Crippen molar-refractivity contribution in [3.63, 3.8) is 0 Å². The van der Waals surface area contributed by atoms with E-state index in [0.29, 0.717) is 24.2 Å². The van der Waals surface area contributed by atoms with E-state index in [9.17, 15) is 14.7 Å². The molecule has 0 unspecified atom stereocenters. The van der Waals surface area contributed by atoms with Crippen LogP contribution in [0.2, 0.25) is 0 Å². The summed E-state index contributed by atoms with van der Waals surface area (Å²) in [6.45, 7) is 1.55. The van der Waals surface area contributed by atoms with Crippen molar-refractivity contribution < 1.29 is 24.2 Å². The van der Waals surface area contributed by atoms with Crippen LogP contribution in [0.1, 0.15) is 23.2 Å². The normalized spacial score (nSPS) is 23.4. The van der Waals surface area contributed by atoms with E-state index >= 15 is 0 Å². The second-order valence-corrected chi connectivity index (χ2v) is 6.32. The highest BCUT2D eigenvalue weighted by Gasteiger charge is 2.53. The molecule has 1 spiro atoms. The molecule has 2 heterocycles. The van der Waals surface area contributed by atoms with Gasteiger partial charge in [-0.2, -0.15) is 0 Å². The van der Waals surface area contributed by atoms with Crippen LogP contribution in [0.25, 0.3) is 0 Å². The maximum atomic E-state index is 13.0. The standard InChI is InChI=1S/C17H22N2O5/c1-18-9-7-17(8-10-18)19(14(11-24-17)16(21)22)15(20)12-3-5-13(23-2)6-4-12/h3-6,14H,7-11H2,1-2H3,(H,21,22)/t14-/m1/s1. The molecule has 0 aliphatic carbocycles. The number of carbonyl (C=O) groups is 2. The van der Waals surface area contributed by atoms with E-state index in [1.54, 1.807) is 31.4 Å². The highest BCUT2D eigenvalue weighted by atomic mass is 16.5. The zero-order chi connectivity index (χ0) is 17.3. The Morgan fingerprint density at radius 2 is 1.88 bits per heavy atom. The Bertz CT molecular complexity index is 622. The summed E-state index contributed by atoms with van der Waals surface area (Å²) in [7, 11) is 3.56. The van der Waals surface area contributed by atoms with Crippen molar-refractivity contribution in [3.8, 4) is 5.75 Å². The Kier molecular flexibility index (Phi) is 4.47. The largest absolute Gasteiger partial charge is 0.497 e. The van der Waals surface area contributed by atoms with Crippen LogP contribution in [-0.4, -0.2) is 72.4 Å². The molecule has 1 N–H and O–H groups in total. The van der Waals surface area contributed by atoms with Gasteiger partial charge in [0.25, 0.3) is 5.91 Å². The van der Waals surface area contributed by atoms with E-state index in [1.165, 1.54) is 4.90 Å². The number of hydrogen-bond acceptors (Lipinski definition) is 5. The Labute approximate surface area is 140 Å². The third kappa shape index (κ3) is 2.85. The lowest BCUT2D eigenvalue weighted by atomic mass is 9.97. The summed E-state index contributed by atoms with van der Waals surface area (Å²) < 4.78 is 11.0. The van der Waals surface area contributed by atoms with E-state index in [1.807, 2.05) is 7.05 Å². The first-order chi connectivity index (χ1) is 11.5. The molecule has 2 aliphatic rings. The number of benzene rings is 1. The molecular formula is C17H22N2O5. The van der Waals surface area contributed by atoms with Crippen molar-refractivity contribution in [2.45, 2.75) is 24.6 Å². The Balaban J connectivity index is 1.92. The molecule has 0 saturated carbocycles. The fourth-order valence-electron chi connectivity index (χ4n) is 3.40. The monoisotopic (exact) mass is 334 g/mol. The lowest BCUT2D eigenvalue weighted by Gasteiger charge is -2.43. The number of rotatable bonds is 3. The second-order valence-electron chi connectivity index (χ2n) is 6.32. The molecule has 0 radical (unpaired) electrons. The highest BCUT2D eigenvalue weighted by molar-refractivity contribution is 5.97. The van der Waals surface area contributed by atoms with E-state index in [-0.39, 0.29) is 12.5 Å². The third-order valence-electron chi connectivity index (χ3n) is 4.87. The fourth-order valence-corrected chi connectivity index (χ4v) is 3.40. The molecule has 2 aliphatic heterocycles. The van der Waals surface area contributed by atoms with E-state index in [2.05, 4.69) is 4.90 Å². The molecule has 1 amide bonds. The van der Waals surface area contributed by atoms with Crippen molar-refractivity contribution in [3.05, 3.63) is 29.8 Å². The van der Waals surface area contributed by atoms with Crippen LogP contribution < -0.4 is 4.74 Å². The van der Waals surface area contributed by atoms with Crippen molar-refractivity contribution >= 4 is 11.9 Å². The van der Waals surface area contributed by atoms with Gasteiger partial charge in [0.1, 0.15) is 11.5 Å². The summed E-state index contributed by atoms with van der Waals surface area (Å²) in [5.74, 6) is -0.701. The quantitative estimate of drug-likeness (QED) is 0.890. The van der Waals surface area contributed by atoms with Gasteiger partial charge in [-0.3, -0.25) is 9.69 Å². The minimum absolute atomic E-state index is 0.0287. The molecule has 0 aromatic heterocycles. The van der Waals surface area contributed by atoms with Gasteiger partial charge in [0.2, 0.25) is 0 Å². The number of likely N-dealkylation sites (tertiary alicyclic amines) is 1. The summed E-state index contributed by atoms with van der Waals surface area (Å²) in [6.07, 6.45) is 1.21. The van der Waals surface area contributed by atoms with Gasteiger partial charge in [-0.05, 0) is 31.3 Å². The van der Waals surface area contributed by atoms with E-state index in [4.69, 9.17) is 9.47 Å². The molecule has 2 fully saturated rings. The second kappa shape index (κ2) is 6.41. The van der Waals surface area contributed by atoms with Gasteiger partial charge in [-0.15, -0.1) is 0 Å². The molecule has 1 aromatic carbocycles. The third-order valence-corrected chi connectivity index (χ3v) is 4.87. The predicted molar refractivity (Wildman–Crippen MR) is 86.0 cm³/mol. The van der Waals surface area contributed by atoms with Gasteiger partial charge in [0.15, 0.2) is 6.04 Å². The zero-order valence-electron chi connectivity index (χ0n) is 13.9. The Hall–Kier alpha value is -2.12. The van der Waals surface area contributed by atoms with Gasteiger partial charge in [0.05, 0.1) is 13.7 Å². The van der Waals surface area contributed by atoms with Crippen molar-refractivity contribution in [1.82, 2.24) is 9.80 Å². The van der Waals surface area contributed by atoms with Crippen LogP contribution in [0, 0.1) is 0 Å². The molecule has 7 heteroatoms. The lowest BCUT2D eigenvalue weighted by molar-refractivity contribution is -0.143. The smallest absolute Gasteiger partial charge is 0.328 e. The van der Waals surface area contributed by atoms with Crippen LogP contribution >= 0.6 is 0 Å². The summed E-state index contributed by atoms with van der Waals surface area (Å²) in [6, 6.07) is 5.74. The van der Waals surface area contributed by atoms with Gasteiger partial charge in [-0.25, -0.2) is 4.79 Å². The number of piperidine rings is 1. The Morgan fingerprint density at radius 3 is 2.42 bits per heavy atom. The first kappa shape index (κ1) is 16.7. The fraction of sp³-hybridized carbons (Fsp3) is 0.529. The minimum atomic E-state index is -1.03. The number of hydrogen-bond donors (Lipinski definition) is 1. The molecule has 1 aromatic rings. The molecule has 3 rings (SSSR count). The maximum absolute atomic E-state index is 13.0. The summed E-state index contributed by atoms with van der Waals surface area (Å²) in [4.78, 5) is 28.3. The zero-order valence-corrected chi connectivity index (χ0v) is 13.9. The van der Waals surface area contributed by atoms with Crippen molar-refractivity contribution in [2.24, 2.45) is 0 Å². The summed E-state index contributed by atoms with van der Waals surface area (Å²) in [5, 5.41) is 9.52.